The second-order valence-corrected chi connectivity index (χ2v) is 5.49. The van der Waals surface area contributed by atoms with Crippen LogP contribution in [-0.4, -0.2) is 17.7 Å². The molecule has 0 saturated carbocycles. The lowest BCUT2D eigenvalue weighted by molar-refractivity contribution is 0.140. The molecular weight excluding hydrogens is 262 g/mol. The van der Waals surface area contributed by atoms with Gasteiger partial charge in [0.05, 0.1) is 0 Å². The van der Waals surface area contributed by atoms with Crippen LogP contribution in [0.15, 0.2) is 10.5 Å². The molecule has 0 amide bonds. The third-order valence-electron chi connectivity index (χ3n) is 2.17. The van der Waals surface area contributed by atoms with Crippen LogP contribution in [0.3, 0.4) is 0 Å². The van der Waals surface area contributed by atoms with E-state index in [1.165, 1.54) is 4.88 Å². The third kappa shape index (κ3) is 2.79. The minimum absolute atomic E-state index is 0.102. The van der Waals surface area contributed by atoms with Crippen molar-refractivity contribution in [3.63, 3.8) is 0 Å². The molecule has 4 heteroatoms. The molecule has 2 N–H and O–H groups in total. The van der Waals surface area contributed by atoms with E-state index in [-0.39, 0.29) is 6.04 Å². The van der Waals surface area contributed by atoms with E-state index < -0.39 is 6.10 Å². The van der Waals surface area contributed by atoms with Crippen LogP contribution in [0, 0.1) is 6.92 Å². The Morgan fingerprint density at radius 3 is 2.71 bits per heavy atom. The van der Waals surface area contributed by atoms with Crippen molar-refractivity contribution < 1.29 is 5.11 Å². The van der Waals surface area contributed by atoms with E-state index in [0.717, 1.165) is 15.9 Å². The molecule has 1 heterocycles. The van der Waals surface area contributed by atoms with Crippen LogP contribution in [-0.2, 0) is 0 Å². The summed E-state index contributed by atoms with van der Waals surface area (Å²) in [7, 11) is 0. The first-order valence-electron chi connectivity index (χ1n) is 4.73. The van der Waals surface area contributed by atoms with Crippen molar-refractivity contribution in [2.75, 3.05) is 6.54 Å². The Morgan fingerprint density at radius 1 is 1.64 bits per heavy atom. The molecule has 80 valence electrons. The van der Waals surface area contributed by atoms with Gasteiger partial charge in [-0.3, -0.25) is 0 Å². The van der Waals surface area contributed by atoms with E-state index in [9.17, 15) is 5.11 Å². The summed E-state index contributed by atoms with van der Waals surface area (Å²) in [6, 6.07) is 2.10. The molecule has 2 atom stereocenters. The summed E-state index contributed by atoms with van der Waals surface area (Å²) in [6.07, 6.45) is -0.412. The average molecular weight is 278 g/mol. The topological polar surface area (TPSA) is 32.3 Å². The van der Waals surface area contributed by atoms with Gasteiger partial charge in [0.25, 0.3) is 0 Å². The third-order valence-corrected chi connectivity index (χ3v) is 4.37. The molecular formula is C10H16BrNOS. The number of rotatable bonds is 4. The van der Waals surface area contributed by atoms with E-state index >= 15 is 0 Å². The van der Waals surface area contributed by atoms with Crippen LogP contribution < -0.4 is 5.32 Å². The van der Waals surface area contributed by atoms with E-state index in [0.29, 0.717) is 0 Å². The molecule has 0 aliphatic carbocycles. The van der Waals surface area contributed by atoms with Gasteiger partial charge in [-0.1, -0.05) is 6.92 Å². The Bertz CT molecular complexity index is 281. The van der Waals surface area contributed by atoms with Crippen molar-refractivity contribution in [1.82, 2.24) is 5.32 Å². The number of hydrogen-bond donors (Lipinski definition) is 2. The number of likely N-dealkylation sites (N-methyl/N-ethyl adjacent to an activating group) is 1. The monoisotopic (exact) mass is 277 g/mol. The summed E-state index contributed by atoms with van der Waals surface area (Å²) in [4.78, 5) is 2.23. The molecule has 1 aromatic rings. The van der Waals surface area contributed by atoms with Gasteiger partial charge in [0, 0.05) is 20.3 Å². The lowest BCUT2D eigenvalue weighted by Crippen LogP contribution is -2.31. The van der Waals surface area contributed by atoms with Crippen LogP contribution in [0.2, 0.25) is 0 Å². The minimum atomic E-state index is -0.412. The molecule has 0 spiro atoms. The molecule has 0 aliphatic heterocycles. The Kier molecular flexibility index (Phi) is 4.57. The molecule has 14 heavy (non-hydrogen) atoms. The van der Waals surface area contributed by atoms with Crippen LogP contribution in [0.4, 0.5) is 0 Å². The Labute approximate surface area is 97.5 Å². The summed E-state index contributed by atoms with van der Waals surface area (Å²) in [5, 5.41) is 13.2. The van der Waals surface area contributed by atoms with Crippen molar-refractivity contribution >= 4 is 27.3 Å². The highest BCUT2D eigenvalue weighted by atomic mass is 79.9. The number of nitrogens with one attached hydrogen (secondary N) is 1. The maximum absolute atomic E-state index is 9.98. The van der Waals surface area contributed by atoms with E-state index in [1.807, 2.05) is 26.8 Å². The van der Waals surface area contributed by atoms with Crippen molar-refractivity contribution in [3.8, 4) is 0 Å². The number of aliphatic hydroxyl groups is 1. The predicted octanol–water partition coefficient (Wildman–Crippen LogP) is 2.85. The zero-order valence-corrected chi connectivity index (χ0v) is 11.1. The van der Waals surface area contributed by atoms with E-state index in [4.69, 9.17) is 0 Å². The Balaban J connectivity index is 2.73. The fraction of sp³-hybridized carbons (Fsp3) is 0.600. The molecule has 0 radical (unpaired) electrons. The van der Waals surface area contributed by atoms with Crippen LogP contribution in [0.1, 0.15) is 29.7 Å². The second-order valence-electron chi connectivity index (χ2n) is 3.34. The SMILES string of the molecule is CCNC(C)C(O)c1cc(Br)c(C)s1. The number of thiophene rings is 1. The highest BCUT2D eigenvalue weighted by Crippen LogP contribution is 2.31. The quantitative estimate of drug-likeness (QED) is 0.887. The lowest BCUT2D eigenvalue weighted by atomic mass is 10.1. The molecule has 0 bridgehead atoms. The first-order valence-corrected chi connectivity index (χ1v) is 6.34. The number of hydrogen-bond acceptors (Lipinski definition) is 3. The minimum Gasteiger partial charge on any atom is -0.386 e. The lowest BCUT2D eigenvalue weighted by Gasteiger charge is -2.17. The number of halogens is 1. The Hall–Kier alpha value is 0.1000. The van der Waals surface area contributed by atoms with Gasteiger partial charge in [-0.2, -0.15) is 0 Å². The first-order chi connectivity index (χ1) is 6.56. The van der Waals surface area contributed by atoms with Crippen LogP contribution in [0.25, 0.3) is 0 Å². The van der Waals surface area contributed by atoms with Crippen molar-refractivity contribution in [3.05, 3.63) is 20.3 Å². The van der Waals surface area contributed by atoms with Gasteiger partial charge >= 0.3 is 0 Å². The summed E-state index contributed by atoms with van der Waals surface area (Å²) in [5.74, 6) is 0. The predicted molar refractivity (Wildman–Crippen MR) is 64.9 cm³/mol. The standard InChI is InChI=1S/C10H16BrNOS/c1-4-12-6(2)10(13)9-5-8(11)7(3)14-9/h5-6,10,12-13H,4H2,1-3H3. The highest BCUT2D eigenvalue weighted by molar-refractivity contribution is 9.10. The smallest absolute Gasteiger partial charge is 0.103 e. The van der Waals surface area contributed by atoms with Gasteiger partial charge in [-0.05, 0) is 42.4 Å². The van der Waals surface area contributed by atoms with Crippen molar-refractivity contribution in [2.45, 2.75) is 32.9 Å². The molecule has 1 rings (SSSR count). The van der Waals surface area contributed by atoms with Gasteiger partial charge < -0.3 is 10.4 Å². The normalized spacial score (nSPS) is 15.5. The summed E-state index contributed by atoms with van der Waals surface area (Å²) in [5.41, 5.74) is 0. The molecule has 0 saturated heterocycles. The number of aryl methyl sites for hydroxylation is 1. The largest absolute Gasteiger partial charge is 0.386 e. The van der Waals surface area contributed by atoms with Crippen molar-refractivity contribution in [2.24, 2.45) is 0 Å². The van der Waals surface area contributed by atoms with E-state index in [2.05, 4.69) is 21.2 Å². The van der Waals surface area contributed by atoms with E-state index in [1.54, 1.807) is 11.3 Å². The number of aliphatic hydroxyl groups excluding tert-OH is 1. The zero-order chi connectivity index (χ0) is 10.7. The average Bonchev–Trinajstić information content (AvgIpc) is 2.46. The highest BCUT2D eigenvalue weighted by Gasteiger charge is 2.18. The summed E-state index contributed by atoms with van der Waals surface area (Å²) >= 11 is 5.09. The summed E-state index contributed by atoms with van der Waals surface area (Å²) in [6.45, 7) is 6.96. The zero-order valence-electron chi connectivity index (χ0n) is 8.67. The van der Waals surface area contributed by atoms with Gasteiger partial charge in [0.2, 0.25) is 0 Å². The molecule has 1 aromatic heterocycles. The maximum Gasteiger partial charge on any atom is 0.103 e. The van der Waals surface area contributed by atoms with Crippen LogP contribution >= 0.6 is 27.3 Å². The van der Waals surface area contributed by atoms with Gasteiger partial charge in [-0.25, -0.2) is 0 Å². The Morgan fingerprint density at radius 2 is 2.29 bits per heavy atom. The fourth-order valence-electron chi connectivity index (χ4n) is 1.31. The second kappa shape index (κ2) is 5.26. The summed E-state index contributed by atoms with van der Waals surface area (Å²) < 4.78 is 1.08. The molecule has 0 fully saturated rings. The molecule has 2 unspecified atom stereocenters. The maximum atomic E-state index is 9.98. The fourth-order valence-corrected chi connectivity index (χ4v) is 2.96. The molecule has 0 aromatic carbocycles. The molecule has 2 nitrogen and oxygen atoms in total. The van der Waals surface area contributed by atoms with Gasteiger partial charge in [0.15, 0.2) is 0 Å². The van der Waals surface area contributed by atoms with Crippen molar-refractivity contribution in [1.29, 1.82) is 0 Å². The first kappa shape index (κ1) is 12.2. The van der Waals surface area contributed by atoms with Gasteiger partial charge in [0.1, 0.15) is 6.10 Å². The van der Waals surface area contributed by atoms with Gasteiger partial charge in [-0.15, -0.1) is 11.3 Å². The van der Waals surface area contributed by atoms with Crippen LogP contribution in [0.5, 0.6) is 0 Å². The molecule has 0 aliphatic rings.